The van der Waals surface area contributed by atoms with Gasteiger partial charge in [0, 0.05) is 5.56 Å². The Morgan fingerprint density at radius 2 is 1.29 bits per heavy atom. The van der Waals surface area contributed by atoms with Gasteiger partial charge in [0.2, 0.25) is 0 Å². The van der Waals surface area contributed by atoms with Crippen LogP contribution in [0.15, 0.2) is 30.3 Å². The summed E-state index contributed by atoms with van der Waals surface area (Å²) >= 11 is 0. The Balaban J connectivity index is 2.57. The average Bonchev–Trinajstić information content (AvgIpc) is 2.29. The number of aromatic hydroxyl groups is 2. The van der Waals surface area contributed by atoms with E-state index in [2.05, 4.69) is 13.0 Å². The summed E-state index contributed by atoms with van der Waals surface area (Å²) in [5, 5.41) is 19.4. The van der Waals surface area contributed by atoms with Crippen LogP contribution in [-0.4, -0.2) is 10.2 Å². The van der Waals surface area contributed by atoms with Gasteiger partial charge in [-0.2, -0.15) is 0 Å². The number of phenols is 2. The fourth-order valence-corrected chi connectivity index (χ4v) is 1.77. The van der Waals surface area contributed by atoms with Gasteiger partial charge in [-0.15, -0.1) is 0 Å². The molecule has 0 aromatic heterocycles. The van der Waals surface area contributed by atoms with Crippen LogP contribution < -0.4 is 0 Å². The molecule has 0 aliphatic rings. The lowest BCUT2D eigenvalue weighted by atomic mass is 9.99. The summed E-state index contributed by atoms with van der Waals surface area (Å²) < 4.78 is 0. The third kappa shape index (κ3) is 2.11. The average molecular weight is 228 g/mol. The van der Waals surface area contributed by atoms with Crippen molar-refractivity contribution in [2.75, 3.05) is 0 Å². The summed E-state index contributed by atoms with van der Waals surface area (Å²) in [6.45, 7) is 5.80. The molecular weight excluding hydrogens is 212 g/mol. The van der Waals surface area contributed by atoms with Crippen molar-refractivity contribution in [2.24, 2.45) is 0 Å². The van der Waals surface area contributed by atoms with Gasteiger partial charge in [0.15, 0.2) is 0 Å². The van der Waals surface area contributed by atoms with E-state index in [-0.39, 0.29) is 11.5 Å². The topological polar surface area (TPSA) is 40.5 Å². The molecule has 17 heavy (non-hydrogen) atoms. The zero-order valence-electron chi connectivity index (χ0n) is 10.3. The highest BCUT2D eigenvalue weighted by molar-refractivity contribution is 5.69. The molecule has 0 amide bonds. The quantitative estimate of drug-likeness (QED) is 0.781. The molecule has 0 heterocycles. The van der Waals surface area contributed by atoms with Gasteiger partial charge in [0.1, 0.15) is 11.5 Å². The second kappa shape index (κ2) is 4.13. The Bertz CT molecular complexity index is 548. The van der Waals surface area contributed by atoms with Gasteiger partial charge in [-0.25, -0.2) is 0 Å². The van der Waals surface area contributed by atoms with E-state index >= 15 is 0 Å². The summed E-state index contributed by atoms with van der Waals surface area (Å²) in [5.41, 5.74) is 4.77. The van der Waals surface area contributed by atoms with Crippen LogP contribution >= 0.6 is 0 Å². The Morgan fingerprint density at radius 1 is 0.706 bits per heavy atom. The fraction of sp³-hybridized carbons (Fsp3) is 0.200. The van der Waals surface area contributed by atoms with E-state index in [0.717, 1.165) is 11.1 Å². The number of rotatable bonds is 1. The zero-order chi connectivity index (χ0) is 12.6. The molecule has 0 radical (unpaired) electrons. The molecule has 2 aromatic carbocycles. The molecule has 2 nitrogen and oxygen atoms in total. The van der Waals surface area contributed by atoms with E-state index in [4.69, 9.17) is 0 Å². The van der Waals surface area contributed by atoms with Crippen LogP contribution in [0.1, 0.15) is 16.7 Å². The van der Waals surface area contributed by atoms with Crippen molar-refractivity contribution in [3.8, 4) is 22.6 Å². The van der Waals surface area contributed by atoms with Gasteiger partial charge in [0.25, 0.3) is 0 Å². The van der Waals surface area contributed by atoms with Crippen LogP contribution in [0.25, 0.3) is 11.1 Å². The van der Waals surface area contributed by atoms with Crippen molar-refractivity contribution in [1.82, 2.24) is 0 Å². The molecule has 88 valence electrons. The Kier molecular flexibility index (Phi) is 2.80. The number of aryl methyl sites for hydroxylation is 2. The lowest BCUT2D eigenvalue weighted by Crippen LogP contribution is -1.85. The van der Waals surface area contributed by atoms with Gasteiger partial charge in [-0.1, -0.05) is 18.2 Å². The van der Waals surface area contributed by atoms with E-state index in [9.17, 15) is 10.2 Å². The lowest BCUT2D eigenvalue weighted by Gasteiger charge is -2.09. The number of hydrogen-bond acceptors (Lipinski definition) is 2. The maximum atomic E-state index is 9.71. The van der Waals surface area contributed by atoms with Gasteiger partial charge in [-0.05, 0) is 55.2 Å². The smallest absolute Gasteiger partial charge is 0.122 e. The van der Waals surface area contributed by atoms with Crippen molar-refractivity contribution in [1.29, 1.82) is 0 Å². The predicted octanol–water partition coefficient (Wildman–Crippen LogP) is 3.69. The summed E-state index contributed by atoms with van der Waals surface area (Å²) in [5.74, 6) is 0.247. The first-order valence-corrected chi connectivity index (χ1v) is 5.59. The molecule has 2 heteroatoms. The minimum absolute atomic E-state index is 0.123. The van der Waals surface area contributed by atoms with Crippen molar-refractivity contribution >= 4 is 0 Å². The van der Waals surface area contributed by atoms with E-state index in [1.54, 1.807) is 19.1 Å². The number of phenolic OH excluding ortho intramolecular Hbond substituents is 2. The fourth-order valence-electron chi connectivity index (χ4n) is 1.77. The van der Waals surface area contributed by atoms with Crippen LogP contribution in [0.4, 0.5) is 0 Å². The molecule has 0 atom stereocenters. The standard InChI is InChI=1S/C15H16O2/c1-9-4-5-12(6-10(9)2)13-7-14(16)11(3)15(17)8-13/h4-8,16-17H,1-3H3. The predicted molar refractivity (Wildman–Crippen MR) is 69.4 cm³/mol. The van der Waals surface area contributed by atoms with Crippen LogP contribution in [-0.2, 0) is 0 Å². The van der Waals surface area contributed by atoms with Gasteiger partial charge >= 0.3 is 0 Å². The minimum Gasteiger partial charge on any atom is -0.508 e. The molecule has 2 N–H and O–H groups in total. The van der Waals surface area contributed by atoms with Crippen molar-refractivity contribution in [3.63, 3.8) is 0 Å². The van der Waals surface area contributed by atoms with E-state index in [0.29, 0.717) is 5.56 Å². The SMILES string of the molecule is Cc1ccc(-c2cc(O)c(C)c(O)c2)cc1C. The maximum Gasteiger partial charge on any atom is 0.122 e. The molecular formula is C15H16O2. The summed E-state index contributed by atoms with van der Waals surface area (Å²) in [7, 11) is 0. The highest BCUT2D eigenvalue weighted by Crippen LogP contribution is 2.33. The third-order valence-electron chi connectivity index (χ3n) is 3.19. The Morgan fingerprint density at radius 3 is 1.82 bits per heavy atom. The first-order valence-electron chi connectivity index (χ1n) is 5.59. The monoisotopic (exact) mass is 228 g/mol. The van der Waals surface area contributed by atoms with E-state index < -0.39 is 0 Å². The molecule has 2 aromatic rings. The second-order valence-corrected chi connectivity index (χ2v) is 4.44. The Hall–Kier alpha value is -1.96. The van der Waals surface area contributed by atoms with Crippen LogP contribution in [0.3, 0.4) is 0 Å². The summed E-state index contributed by atoms with van der Waals surface area (Å²) in [4.78, 5) is 0. The normalized spacial score (nSPS) is 10.5. The van der Waals surface area contributed by atoms with Gasteiger partial charge in [0.05, 0.1) is 0 Å². The van der Waals surface area contributed by atoms with E-state index in [1.807, 2.05) is 19.1 Å². The molecule has 0 bridgehead atoms. The van der Waals surface area contributed by atoms with Gasteiger partial charge in [-0.3, -0.25) is 0 Å². The molecule has 2 rings (SSSR count). The van der Waals surface area contributed by atoms with Crippen LogP contribution in [0.5, 0.6) is 11.5 Å². The second-order valence-electron chi connectivity index (χ2n) is 4.44. The highest BCUT2D eigenvalue weighted by Gasteiger charge is 2.07. The van der Waals surface area contributed by atoms with Gasteiger partial charge < -0.3 is 10.2 Å². The highest BCUT2D eigenvalue weighted by atomic mass is 16.3. The first kappa shape index (κ1) is 11.5. The van der Waals surface area contributed by atoms with Crippen LogP contribution in [0.2, 0.25) is 0 Å². The van der Waals surface area contributed by atoms with E-state index in [1.165, 1.54) is 11.1 Å². The zero-order valence-corrected chi connectivity index (χ0v) is 10.3. The molecule has 0 spiro atoms. The Labute approximate surface area is 101 Å². The largest absolute Gasteiger partial charge is 0.508 e. The molecule has 0 aliphatic carbocycles. The first-order chi connectivity index (χ1) is 7.99. The number of hydrogen-bond donors (Lipinski definition) is 2. The molecule has 0 saturated carbocycles. The lowest BCUT2D eigenvalue weighted by molar-refractivity contribution is 0.443. The summed E-state index contributed by atoms with van der Waals surface area (Å²) in [6, 6.07) is 9.45. The van der Waals surface area contributed by atoms with Crippen molar-refractivity contribution in [2.45, 2.75) is 20.8 Å². The number of benzene rings is 2. The third-order valence-corrected chi connectivity index (χ3v) is 3.19. The maximum absolute atomic E-state index is 9.71. The molecule has 0 fully saturated rings. The minimum atomic E-state index is 0.123. The molecule has 0 unspecified atom stereocenters. The van der Waals surface area contributed by atoms with Crippen molar-refractivity contribution < 1.29 is 10.2 Å². The van der Waals surface area contributed by atoms with Crippen LogP contribution in [0, 0.1) is 20.8 Å². The molecule has 0 saturated heterocycles. The van der Waals surface area contributed by atoms with Crippen molar-refractivity contribution in [3.05, 3.63) is 47.0 Å². The summed E-state index contributed by atoms with van der Waals surface area (Å²) in [6.07, 6.45) is 0. The molecule has 0 aliphatic heterocycles.